The molecule has 0 fully saturated rings. The van der Waals surface area contributed by atoms with Crippen molar-refractivity contribution in [2.45, 2.75) is 53.4 Å². The van der Waals surface area contributed by atoms with Gasteiger partial charge in [0.1, 0.15) is 0 Å². The summed E-state index contributed by atoms with van der Waals surface area (Å²) in [7, 11) is 0. The van der Waals surface area contributed by atoms with Gasteiger partial charge in [-0.05, 0) is 25.2 Å². The quantitative estimate of drug-likeness (QED) is 0.540. The molecule has 0 N–H and O–H groups in total. The summed E-state index contributed by atoms with van der Waals surface area (Å²) in [6.45, 7) is 8.81. The molecule has 64 valence electrons. The molecule has 0 aromatic carbocycles. The van der Waals surface area contributed by atoms with Gasteiger partial charge < -0.3 is 0 Å². The Kier molecular flexibility index (Phi) is 5.03. The molecule has 0 unspecified atom stereocenters. The molecule has 0 radical (unpaired) electrons. The second kappa shape index (κ2) is 5.24. The van der Waals surface area contributed by atoms with Crippen LogP contribution >= 0.6 is 0 Å². The normalized spacial score (nSPS) is 10.5. The van der Waals surface area contributed by atoms with Gasteiger partial charge >= 0.3 is 0 Å². The Bertz CT molecular complexity index is 143. The lowest BCUT2D eigenvalue weighted by molar-refractivity contribution is 0.309. The third-order valence-electron chi connectivity index (χ3n) is 2.03. The van der Waals surface area contributed by atoms with Crippen molar-refractivity contribution in [3.63, 3.8) is 0 Å². The minimum Gasteiger partial charge on any atom is -0.107 e. The van der Waals surface area contributed by atoms with Gasteiger partial charge in [-0.25, -0.2) is 0 Å². The van der Waals surface area contributed by atoms with Crippen molar-refractivity contribution in [3.05, 3.63) is 0 Å². The van der Waals surface area contributed by atoms with E-state index in [1.165, 1.54) is 19.3 Å². The average Bonchev–Trinajstić information content (AvgIpc) is 1.87. The zero-order chi connectivity index (χ0) is 8.74. The van der Waals surface area contributed by atoms with Crippen LogP contribution in [0, 0.1) is 17.3 Å². The molecule has 0 aromatic heterocycles. The highest BCUT2D eigenvalue weighted by Gasteiger charge is 2.14. The third-order valence-corrected chi connectivity index (χ3v) is 2.03. The van der Waals surface area contributed by atoms with E-state index in [2.05, 4.69) is 32.6 Å². The monoisotopic (exact) mass is 152 g/mol. The Morgan fingerprint density at radius 3 is 2.27 bits per heavy atom. The van der Waals surface area contributed by atoms with Crippen molar-refractivity contribution >= 4 is 0 Å². The van der Waals surface area contributed by atoms with E-state index in [4.69, 9.17) is 0 Å². The zero-order valence-electron chi connectivity index (χ0n) is 8.33. The van der Waals surface area contributed by atoms with Crippen molar-refractivity contribution in [3.8, 4) is 11.8 Å². The molecular formula is C11H20. The Morgan fingerprint density at radius 1 is 1.18 bits per heavy atom. The summed E-state index contributed by atoms with van der Waals surface area (Å²) in [6.07, 6.45) is 4.90. The summed E-state index contributed by atoms with van der Waals surface area (Å²) in [5, 5.41) is 0. The van der Waals surface area contributed by atoms with E-state index < -0.39 is 0 Å². The van der Waals surface area contributed by atoms with Gasteiger partial charge in [0.05, 0.1) is 0 Å². The minimum absolute atomic E-state index is 0.499. The van der Waals surface area contributed by atoms with E-state index in [1.807, 2.05) is 6.92 Å². The molecule has 0 heteroatoms. The molecule has 11 heavy (non-hydrogen) atoms. The number of rotatable bonds is 4. The standard InChI is InChI=1S/C11H20/c1-5-7-8-10-11(3,4)9-6-2/h6,8-10H2,1-4H3. The Labute approximate surface area is 71.4 Å². The summed E-state index contributed by atoms with van der Waals surface area (Å²) >= 11 is 0. The average molecular weight is 152 g/mol. The lowest BCUT2D eigenvalue weighted by Gasteiger charge is -2.22. The molecule has 0 amide bonds. The van der Waals surface area contributed by atoms with Gasteiger partial charge in [0.2, 0.25) is 0 Å². The van der Waals surface area contributed by atoms with Crippen LogP contribution in [0.15, 0.2) is 0 Å². The SMILES string of the molecule is CC#CCCC(C)(C)CCC. The van der Waals surface area contributed by atoms with Crippen molar-refractivity contribution in [2.75, 3.05) is 0 Å². The lowest BCUT2D eigenvalue weighted by atomic mass is 9.83. The first-order chi connectivity index (χ1) is 5.12. The predicted molar refractivity (Wildman–Crippen MR) is 51.4 cm³/mol. The van der Waals surface area contributed by atoms with Gasteiger partial charge in [-0.1, -0.05) is 27.2 Å². The first-order valence-corrected chi connectivity index (χ1v) is 4.52. The van der Waals surface area contributed by atoms with Crippen molar-refractivity contribution in [1.82, 2.24) is 0 Å². The molecule has 0 aliphatic carbocycles. The van der Waals surface area contributed by atoms with E-state index in [9.17, 15) is 0 Å². The van der Waals surface area contributed by atoms with Crippen LogP contribution in [0.2, 0.25) is 0 Å². The molecule has 0 bridgehead atoms. The highest BCUT2D eigenvalue weighted by molar-refractivity contribution is 4.95. The summed E-state index contributed by atoms with van der Waals surface area (Å²) < 4.78 is 0. The fraction of sp³-hybridized carbons (Fsp3) is 0.818. The molecule has 0 heterocycles. The maximum Gasteiger partial charge on any atom is 0.00936 e. The fourth-order valence-corrected chi connectivity index (χ4v) is 1.33. The molecule has 0 atom stereocenters. The Morgan fingerprint density at radius 2 is 1.82 bits per heavy atom. The molecule has 0 nitrogen and oxygen atoms in total. The zero-order valence-corrected chi connectivity index (χ0v) is 8.33. The maximum atomic E-state index is 3.11. The minimum atomic E-state index is 0.499. The summed E-state index contributed by atoms with van der Waals surface area (Å²) in [5.41, 5.74) is 0.499. The molecule has 0 saturated heterocycles. The van der Waals surface area contributed by atoms with Crippen LogP contribution in [0.4, 0.5) is 0 Å². The van der Waals surface area contributed by atoms with E-state index in [0.29, 0.717) is 5.41 Å². The van der Waals surface area contributed by atoms with Crippen molar-refractivity contribution in [1.29, 1.82) is 0 Å². The Hall–Kier alpha value is -0.440. The van der Waals surface area contributed by atoms with E-state index in [0.717, 1.165) is 6.42 Å². The van der Waals surface area contributed by atoms with E-state index >= 15 is 0 Å². The van der Waals surface area contributed by atoms with Crippen molar-refractivity contribution < 1.29 is 0 Å². The summed E-state index contributed by atoms with van der Waals surface area (Å²) in [5.74, 6) is 6.05. The molecule has 0 rings (SSSR count). The van der Waals surface area contributed by atoms with Gasteiger partial charge in [0.15, 0.2) is 0 Å². The molecule has 0 aliphatic heterocycles. The van der Waals surface area contributed by atoms with Crippen LogP contribution in [0.3, 0.4) is 0 Å². The molecule has 0 aromatic rings. The maximum absolute atomic E-state index is 3.11. The van der Waals surface area contributed by atoms with Gasteiger partial charge in [-0.2, -0.15) is 0 Å². The first kappa shape index (κ1) is 10.6. The number of hydrogen-bond donors (Lipinski definition) is 0. The predicted octanol–water partition coefficient (Wildman–Crippen LogP) is 3.62. The lowest BCUT2D eigenvalue weighted by Crippen LogP contribution is -2.09. The first-order valence-electron chi connectivity index (χ1n) is 4.52. The van der Waals surface area contributed by atoms with Crippen LogP contribution in [-0.4, -0.2) is 0 Å². The van der Waals surface area contributed by atoms with E-state index in [1.54, 1.807) is 0 Å². The van der Waals surface area contributed by atoms with E-state index in [-0.39, 0.29) is 0 Å². The summed E-state index contributed by atoms with van der Waals surface area (Å²) in [6, 6.07) is 0. The van der Waals surface area contributed by atoms with Crippen LogP contribution in [0.5, 0.6) is 0 Å². The topological polar surface area (TPSA) is 0 Å². The smallest absolute Gasteiger partial charge is 0.00936 e. The molecule has 0 spiro atoms. The second-order valence-corrected chi connectivity index (χ2v) is 3.84. The molecule has 0 aliphatic rings. The largest absolute Gasteiger partial charge is 0.107 e. The van der Waals surface area contributed by atoms with Crippen LogP contribution in [0.25, 0.3) is 0 Å². The highest BCUT2D eigenvalue weighted by Crippen LogP contribution is 2.27. The number of hydrogen-bond acceptors (Lipinski definition) is 0. The van der Waals surface area contributed by atoms with Crippen LogP contribution in [0.1, 0.15) is 53.4 Å². The van der Waals surface area contributed by atoms with Crippen molar-refractivity contribution in [2.24, 2.45) is 5.41 Å². The second-order valence-electron chi connectivity index (χ2n) is 3.84. The van der Waals surface area contributed by atoms with Crippen LogP contribution < -0.4 is 0 Å². The van der Waals surface area contributed by atoms with Gasteiger partial charge in [0.25, 0.3) is 0 Å². The third kappa shape index (κ3) is 5.98. The van der Waals surface area contributed by atoms with Gasteiger partial charge in [0, 0.05) is 6.42 Å². The summed E-state index contributed by atoms with van der Waals surface area (Å²) in [4.78, 5) is 0. The van der Waals surface area contributed by atoms with Crippen LogP contribution in [-0.2, 0) is 0 Å². The fourth-order valence-electron chi connectivity index (χ4n) is 1.33. The van der Waals surface area contributed by atoms with Gasteiger partial charge in [-0.3, -0.25) is 0 Å². The molecule has 0 saturated carbocycles. The molecular weight excluding hydrogens is 132 g/mol. The van der Waals surface area contributed by atoms with Gasteiger partial charge in [-0.15, -0.1) is 11.8 Å². The Balaban J connectivity index is 3.59. The highest BCUT2D eigenvalue weighted by atomic mass is 14.2.